The third-order valence-corrected chi connectivity index (χ3v) is 4.26. The minimum Gasteiger partial charge on any atom is -0.482 e. The average Bonchev–Trinajstić information content (AvgIpc) is 2.54. The molecule has 0 amide bonds. The Labute approximate surface area is 145 Å². The van der Waals surface area contributed by atoms with Gasteiger partial charge in [0.05, 0.1) is 0 Å². The maximum atomic E-state index is 12.1. The van der Waals surface area contributed by atoms with Crippen LogP contribution in [0.1, 0.15) is 37.3 Å². The van der Waals surface area contributed by atoms with E-state index in [1.807, 2.05) is 49.4 Å². The predicted molar refractivity (Wildman–Crippen MR) is 95.2 cm³/mol. The molecule has 0 saturated carbocycles. The SMILES string of the molecule is CCC(C)c1ccccc1OC(=O)COc1ccc(Br)cc1C. The third-order valence-electron chi connectivity index (χ3n) is 3.77. The van der Waals surface area contributed by atoms with Gasteiger partial charge in [-0.2, -0.15) is 0 Å². The summed E-state index contributed by atoms with van der Waals surface area (Å²) in [7, 11) is 0. The van der Waals surface area contributed by atoms with Gasteiger partial charge in [0.25, 0.3) is 0 Å². The lowest BCUT2D eigenvalue weighted by molar-refractivity contribution is -0.136. The summed E-state index contributed by atoms with van der Waals surface area (Å²) < 4.78 is 12.0. The number of carbonyl (C=O) groups is 1. The van der Waals surface area contributed by atoms with E-state index in [2.05, 4.69) is 29.8 Å². The molecule has 0 aromatic heterocycles. The minimum absolute atomic E-state index is 0.114. The van der Waals surface area contributed by atoms with Crippen LogP contribution in [0.4, 0.5) is 0 Å². The Morgan fingerprint density at radius 1 is 1.17 bits per heavy atom. The topological polar surface area (TPSA) is 35.5 Å². The maximum Gasteiger partial charge on any atom is 0.349 e. The maximum absolute atomic E-state index is 12.1. The van der Waals surface area contributed by atoms with Gasteiger partial charge >= 0.3 is 5.97 Å². The molecule has 0 aliphatic heterocycles. The first-order valence-corrected chi connectivity index (χ1v) is 8.49. The average molecular weight is 377 g/mol. The number of hydrogen-bond acceptors (Lipinski definition) is 3. The summed E-state index contributed by atoms with van der Waals surface area (Å²) in [5, 5.41) is 0. The van der Waals surface area contributed by atoms with Gasteiger partial charge < -0.3 is 9.47 Å². The molecule has 2 aromatic rings. The van der Waals surface area contributed by atoms with Crippen molar-refractivity contribution in [3.05, 3.63) is 58.1 Å². The Hall–Kier alpha value is -1.81. The fourth-order valence-corrected chi connectivity index (χ4v) is 2.74. The van der Waals surface area contributed by atoms with Crippen molar-refractivity contribution in [1.29, 1.82) is 0 Å². The zero-order valence-electron chi connectivity index (χ0n) is 13.6. The van der Waals surface area contributed by atoms with Crippen molar-refractivity contribution in [2.45, 2.75) is 33.1 Å². The lowest BCUT2D eigenvalue weighted by atomic mass is 9.98. The largest absolute Gasteiger partial charge is 0.482 e. The molecular formula is C19H21BrO3. The highest BCUT2D eigenvalue weighted by molar-refractivity contribution is 9.10. The van der Waals surface area contributed by atoms with Crippen LogP contribution in [0, 0.1) is 6.92 Å². The Morgan fingerprint density at radius 2 is 1.91 bits per heavy atom. The molecule has 4 heteroatoms. The van der Waals surface area contributed by atoms with Crippen molar-refractivity contribution >= 4 is 21.9 Å². The summed E-state index contributed by atoms with van der Waals surface area (Å²) in [5.41, 5.74) is 2.01. The third kappa shape index (κ3) is 4.83. The molecule has 0 heterocycles. The van der Waals surface area contributed by atoms with Gasteiger partial charge in [0.15, 0.2) is 6.61 Å². The van der Waals surface area contributed by atoms with Gasteiger partial charge in [-0.05, 0) is 54.7 Å². The highest BCUT2D eigenvalue weighted by Crippen LogP contribution is 2.28. The minimum atomic E-state index is -0.400. The van der Waals surface area contributed by atoms with Crippen LogP contribution >= 0.6 is 15.9 Å². The molecule has 2 aromatic carbocycles. The molecule has 0 bridgehead atoms. The van der Waals surface area contributed by atoms with Crippen LogP contribution < -0.4 is 9.47 Å². The highest BCUT2D eigenvalue weighted by atomic mass is 79.9. The fourth-order valence-electron chi connectivity index (χ4n) is 2.26. The van der Waals surface area contributed by atoms with Crippen molar-refractivity contribution in [1.82, 2.24) is 0 Å². The van der Waals surface area contributed by atoms with Crippen molar-refractivity contribution in [3.8, 4) is 11.5 Å². The molecule has 0 radical (unpaired) electrons. The lowest BCUT2D eigenvalue weighted by Gasteiger charge is -2.15. The second kappa shape index (κ2) is 8.16. The lowest BCUT2D eigenvalue weighted by Crippen LogP contribution is -2.19. The monoisotopic (exact) mass is 376 g/mol. The zero-order valence-corrected chi connectivity index (χ0v) is 15.2. The molecule has 2 rings (SSSR count). The summed E-state index contributed by atoms with van der Waals surface area (Å²) in [5.74, 6) is 1.24. The summed E-state index contributed by atoms with van der Waals surface area (Å²) in [6, 6.07) is 13.3. The second-order valence-corrected chi connectivity index (χ2v) is 6.44. The van der Waals surface area contributed by atoms with Gasteiger partial charge in [0, 0.05) is 4.47 Å². The number of halogens is 1. The normalized spacial score (nSPS) is 11.8. The van der Waals surface area contributed by atoms with E-state index >= 15 is 0 Å². The number of carbonyl (C=O) groups excluding carboxylic acids is 1. The van der Waals surface area contributed by atoms with Crippen LogP contribution in [0.15, 0.2) is 46.9 Å². The van der Waals surface area contributed by atoms with Gasteiger partial charge in [-0.1, -0.05) is 48.0 Å². The van der Waals surface area contributed by atoms with E-state index in [1.54, 1.807) is 0 Å². The molecule has 0 N–H and O–H groups in total. The van der Waals surface area contributed by atoms with Crippen LogP contribution in [0.2, 0.25) is 0 Å². The molecule has 1 atom stereocenters. The molecular weight excluding hydrogens is 356 g/mol. The van der Waals surface area contributed by atoms with Crippen LogP contribution in [0.5, 0.6) is 11.5 Å². The van der Waals surface area contributed by atoms with E-state index in [1.165, 1.54) is 0 Å². The molecule has 0 aliphatic rings. The van der Waals surface area contributed by atoms with E-state index < -0.39 is 5.97 Å². The molecule has 0 fully saturated rings. The summed E-state index contributed by atoms with van der Waals surface area (Å²) in [6.45, 7) is 6.05. The van der Waals surface area contributed by atoms with Crippen molar-refractivity contribution in [2.24, 2.45) is 0 Å². The summed E-state index contributed by atoms with van der Waals surface area (Å²) >= 11 is 3.40. The molecule has 3 nitrogen and oxygen atoms in total. The van der Waals surface area contributed by atoms with Gasteiger partial charge in [-0.25, -0.2) is 4.79 Å². The van der Waals surface area contributed by atoms with Crippen LogP contribution in [0.3, 0.4) is 0 Å². The van der Waals surface area contributed by atoms with Gasteiger partial charge in [0.1, 0.15) is 11.5 Å². The first-order chi connectivity index (χ1) is 11.0. The number of rotatable bonds is 6. The summed E-state index contributed by atoms with van der Waals surface area (Å²) in [6.07, 6.45) is 0.989. The number of ether oxygens (including phenoxy) is 2. The van der Waals surface area contributed by atoms with E-state index in [-0.39, 0.29) is 6.61 Å². The Bertz CT molecular complexity index is 682. The van der Waals surface area contributed by atoms with Crippen LogP contribution in [0.25, 0.3) is 0 Å². The second-order valence-electron chi connectivity index (χ2n) is 5.52. The van der Waals surface area contributed by atoms with E-state index in [0.29, 0.717) is 17.4 Å². The first-order valence-electron chi connectivity index (χ1n) is 7.69. The van der Waals surface area contributed by atoms with Crippen molar-refractivity contribution < 1.29 is 14.3 Å². The standard InChI is InChI=1S/C19H21BrO3/c1-4-13(2)16-7-5-6-8-18(16)23-19(21)12-22-17-10-9-15(20)11-14(17)3/h5-11,13H,4,12H2,1-3H3. The molecule has 0 aliphatic carbocycles. The smallest absolute Gasteiger partial charge is 0.349 e. The number of benzene rings is 2. The van der Waals surface area contributed by atoms with E-state index in [0.717, 1.165) is 22.0 Å². The quantitative estimate of drug-likeness (QED) is 0.509. The van der Waals surface area contributed by atoms with Crippen LogP contribution in [-0.4, -0.2) is 12.6 Å². The molecule has 23 heavy (non-hydrogen) atoms. The first kappa shape index (κ1) is 17.5. The molecule has 1 unspecified atom stereocenters. The zero-order chi connectivity index (χ0) is 16.8. The van der Waals surface area contributed by atoms with Crippen molar-refractivity contribution in [3.63, 3.8) is 0 Å². The van der Waals surface area contributed by atoms with Gasteiger partial charge in [-0.3, -0.25) is 0 Å². The van der Waals surface area contributed by atoms with E-state index in [4.69, 9.17) is 9.47 Å². The Kier molecular flexibility index (Phi) is 6.22. The number of aryl methyl sites for hydroxylation is 1. The summed E-state index contributed by atoms with van der Waals surface area (Å²) in [4.78, 5) is 12.1. The molecule has 0 saturated heterocycles. The van der Waals surface area contributed by atoms with Crippen LogP contribution in [-0.2, 0) is 4.79 Å². The molecule has 122 valence electrons. The van der Waals surface area contributed by atoms with Gasteiger partial charge in [-0.15, -0.1) is 0 Å². The van der Waals surface area contributed by atoms with Crippen molar-refractivity contribution in [2.75, 3.05) is 6.61 Å². The Morgan fingerprint density at radius 3 is 2.61 bits per heavy atom. The highest BCUT2D eigenvalue weighted by Gasteiger charge is 2.13. The van der Waals surface area contributed by atoms with E-state index in [9.17, 15) is 4.79 Å². The predicted octanol–water partition coefficient (Wildman–Crippen LogP) is 5.26. The fraction of sp³-hybridized carbons (Fsp3) is 0.316. The number of hydrogen-bond donors (Lipinski definition) is 0. The molecule has 0 spiro atoms. The Balaban J connectivity index is 2.00. The number of esters is 1. The number of para-hydroxylation sites is 1. The van der Waals surface area contributed by atoms with Gasteiger partial charge in [0.2, 0.25) is 0 Å².